The van der Waals surface area contributed by atoms with Crippen molar-refractivity contribution in [2.75, 3.05) is 45.9 Å². The molecule has 3 saturated heterocycles. The number of aliphatic hydroxyl groups is 3. The van der Waals surface area contributed by atoms with Gasteiger partial charge in [0.2, 0.25) is 5.91 Å². The molecule has 0 unspecified atom stereocenters. The van der Waals surface area contributed by atoms with Gasteiger partial charge in [-0.15, -0.1) is 0 Å². The number of hydrogen-bond acceptors (Lipinski definition) is 11. The van der Waals surface area contributed by atoms with Crippen LogP contribution < -0.4 is 16.0 Å². The molecule has 8 atom stereocenters. The zero-order chi connectivity index (χ0) is 39.4. The Bertz CT molecular complexity index is 1660. The van der Waals surface area contributed by atoms with Crippen molar-refractivity contribution in [2.45, 2.75) is 94.6 Å². The number of nitrogens with zero attached hydrogens (tertiary/aromatic N) is 2. The number of amides is 4. The number of carboxylic acid groups (broad SMARTS) is 1. The second kappa shape index (κ2) is 17.0. The summed E-state index contributed by atoms with van der Waals surface area (Å²) in [4.78, 5) is 55.2. The van der Waals surface area contributed by atoms with E-state index in [1.807, 2.05) is 37.3 Å². The van der Waals surface area contributed by atoms with Crippen LogP contribution in [0.15, 0.2) is 42.5 Å². The van der Waals surface area contributed by atoms with Gasteiger partial charge in [0.05, 0.1) is 43.0 Å². The first-order chi connectivity index (χ1) is 25.6. The van der Waals surface area contributed by atoms with Crippen molar-refractivity contribution in [3.8, 4) is 5.75 Å². The largest absolute Gasteiger partial charge is 0.507 e. The van der Waals surface area contributed by atoms with E-state index in [1.165, 1.54) is 19.1 Å². The number of carbonyl (C=O) groups is 4. The number of aliphatic carboxylic acids is 1. The number of aliphatic hydroxyl groups excluding tert-OH is 3. The predicted octanol–water partition coefficient (Wildman–Crippen LogP) is 0.576. The lowest BCUT2D eigenvalue weighted by molar-refractivity contribution is -0.231. The Morgan fingerprint density at radius 2 is 1.74 bits per heavy atom. The maximum Gasteiger partial charge on any atom is 0.336 e. The van der Waals surface area contributed by atoms with Gasteiger partial charge in [0.15, 0.2) is 5.60 Å². The van der Waals surface area contributed by atoms with Crippen LogP contribution >= 0.6 is 0 Å². The number of benzene rings is 2. The van der Waals surface area contributed by atoms with Crippen molar-refractivity contribution in [3.63, 3.8) is 0 Å². The zero-order valence-electron chi connectivity index (χ0n) is 31.2. The minimum atomic E-state index is -2.04. The molecule has 0 saturated carbocycles. The van der Waals surface area contributed by atoms with Crippen LogP contribution in [0.3, 0.4) is 0 Å². The molecule has 2 aromatic rings. The minimum absolute atomic E-state index is 0.0477. The number of carboxylic acids is 1. The van der Waals surface area contributed by atoms with E-state index in [9.17, 15) is 44.7 Å². The van der Waals surface area contributed by atoms with E-state index in [-0.39, 0.29) is 36.4 Å². The standard InChI is InChI=1S/C38H53N5O11/c1-22-16-27(17-23(2)31(22)47)34(49)39-19-29(46)32(48)33-30(41-25(4)44)28(45)18-38(54-33,35(50)51)11-13-43-14-15-53-21-37(43)10-12-42(20-37)36(52)40-24(3)26-8-6-5-7-9-26/h5-9,16-17,24,28-30,32-33,45-48H,10-15,18-21H2,1-4H3,(H,39,49)(H,40,52)(H,41,44)(H,50,51)/t24-,28-,29+,30+,32+,33+,37-,38+/m0/s1. The molecule has 16 nitrogen and oxygen atoms in total. The molecule has 2 aromatic carbocycles. The van der Waals surface area contributed by atoms with Gasteiger partial charge >= 0.3 is 12.0 Å². The third kappa shape index (κ3) is 8.96. The van der Waals surface area contributed by atoms with E-state index in [2.05, 4.69) is 20.9 Å². The lowest BCUT2D eigenvalue weighted by Gasteiger charge is -2.49. The average Bonchev–Trinajstić information content (AvgIpc) is 3.57. The van der Waals surface area contributed by atoms with Crippen molar-refractivity contribution >= 4 is 23.8 Å². The van der Waals surface area contributed by atoms with Crippen molar-refractivity contribution < 1.29 is 54.2 Å². The molecule has 8 N–H and O–H groups in total. The first-order valence-electron chi connectivity index (χ1n) is 18.3. The lowest BCUT2D eigenvalue weighted by atomic mass is 9.81. The van der Waals surface area contributed by atoms with E-state index >= 15 is 0 Å². The molecule has 3 aliphatic heterocycles. The molecule has 16 heteroatoms. The van der Waals surface area contributed by atoms with E-state index < -0.39 is 72.3 Å². The van der Waals surface area contributed by atoms with Crippen LogP contribution in [0.5, 0.6) is 5.75 Å². The molecule has 0 aromatic heterocycles. The first kappa shape index (κ1) is 40.9. The molecule has 3 aliphatic rings. The molecular weight excluding hydrogens is 702 g/mol. The lowest BCUT2D eigenvalue weighted by Crippen LogP contribution is -2.68. The fraction of sp³-hybridized carbons (Fsp3) is 0.579. The maximum atomic E-state index is 13.3. The smallest absolute Gasteiger partial charge is 0.336 e. The quantitative estimate of drug-likeness (QED) is 0.149. The number of nitrogens with one attached hydrogen (secondary N) is 3. The van der Waals surface area contributed by atoms with Gasteiger partial charge in [-0.25, -0.2) is 9.59 Å². The van der Waals surface area contributed by atoms with Crippen LogP contribution in [0.4, 0.5) is 4.79 Å². The van der Waals surface area contributed by atoms with E-state index in [0.29, 0.717) is 50.4 Å². The Hall–Kier alpha value is -4.32. The SMILES string of the molecule is CC(=O)N[C@H]1[C@H]([C@H](O)[C@H](O)CNC(=O)c2cc(C)c(O)c(C)c2)O[C@@](CCN2CCOC[C@@]23CCN(C(=O)N[C@@H](C)c2ccccc2)C3)(C(=O)O)C[C@@H]1O. The van der Waals surface area contributed by atoms with Crippen LogP contribution in [-0.4, -0.2) is 147 Å². The Balaban J connectivity index is 1.28. The number of ether oxygens (including phenoxy) is 2. The summed E-state index contributed by atoms with van der Waals surface area (Å²) in [6.45, 7) is 8.03. The van der Waals surface area contributed by atoms with Crippen molar-refractivity contribution in [2.24, 2.45) is 0 Å². The Morgan fingerprint density at radius 3 is 2.39 bits per heavy atom. The summed E-state index contributed by atoms with van der Waals surface area (Å²) < 4.78 is 12.0. The number of morpholine rings is 1. The highest BCUT2D eigenvalue weighted by atomic mass is 16.6. The maximum absolute atomic E-state index is 13.3. The average molecular weight is 756 g/mol. The Kier molecular flexibility index (Phi) is 12.9. The molecule has 54 heavy (non-hydrogen) atoms. The zero-order valence-corrected chi connectivity index (χ0v) is 31.2. The number of phenolic OH excluding ortho intramolecular Hbond substituents is 1. The summed E-state index contributed by atoms with van der Waals surface area (Å²) in [7, 11) is 0. The van der Waals surface area contributed by atoms with Gasteiger partial charge in [-0.2, -0.15) is 0 Å². The Morgan fingerprint density at radius 1 is 1.06 bits per heavy atom. The number of aromatic hydroxyl groups is 1. The van der Waals surface area contributed by atoms with Crippen molar-refractivity contribution in [1.82, 2.24) is 25.8 Å². The van der Waals surface area contributed by atoms with Gasteiger partial charge < -0.3 is 55.9 Å². The summed E-state index contributed by atoms with van der Waals surface area (Å²) in [5.41, 5.74) is -0.509. The fourth-order valence-corrected chi connectivity index (χ4v) is 7.83. The molecule has 0 radical (unpaired) electrons. The van der Waals surface area contributed by atoms with Gasteiger partial charge in [0.1, 0.15) is 18.0 Å². The molecule has 3 fully saturated rings. The number of carbonyl (C=O) groups excluding carboxylic acids is 3. The first-order valence-corrected chi connectivity index (χ1v) is 18.3. The number of phenols is 1. The monoisotopic (exact) mass is 755 g/mol. The van der Waals surface area contributed by atoms with Crippen LogP contribution in [0.25, 0.3) is 0 Å². The number of aryl methyl sites for hydroxylation is 2. The topological polar surface area (TPSA) is 230 Å². The number of rotatable bonds is 12. The fourth-order valence-electron chi connectivity index (χ4n) is 7.83. The van der Waals surface area contributed by atoms with Crippen LogP contribution in [0.1, 0.15) is 66.2 Å². The second-order valence-corrected chi connectivity index (χ2v) is 14.9. The summed E-state index contributed by atoms with van der Waals surface area (Å²) in [6.07, 6.45) is -6.61. The number of urea groups is 1. The van der Waals surface area contributed by atoms with E-state index in [4.69, 9.17) is 9.47 Å². The normalized spacial score (nSPS) is 27.5. The number of likely N-dealkylation sites (tertiary alicyclic amines) is 1. The van der Waals surface area contributed by atoms with Gasteiger partial charge in [0, 0.05) is 58.1 Å². The van der Waals surface area contributed by atoms with Gasteiger partial charge in [-0.3, -0.25) is 14.5 Å². The Labute approximate surface area is 314 Å². The highest BCUT2D eigenvalue weighted by molar-refractivity contribution is 5.95. The highest BCUT2D eigenvalue weighted by Gasteiger charge is 2.55. The van der Waals surface area contributed by atoms with Crippen LogP contribution in [0, 0.1) is 13.8 Å². The van der Waals surface area contributed by atoms with E-state index in [0.717, 1.165) is 5.56 Å². The van der Waals surface area contributed by atoms with Crippen LogP contribution in [-0.2, 0) is 19.1 Å². The van der Waals surface area contributed by atoms with Crippen molar-refractivity contribution in [3.05, 3.63) is 64.7 Å². The van der Waals surface area contributed by atoms with E-state index in [1.54, 1.807) is 18.7 Å². The summed E-state index contributed by atoms with van der Waals surface area (Å²) in [5.74, 6) is -2.52. The second-order valence-electron chi connectivity index (χ2n) is 14.9. The van der Waals surface area contributed by atoms with Gasteiger partial charge in [0.25, 0.3) is 5.91 Å². The molecule has 5 rings (SSSR count). The summed E-state index contributed by atoms with van der Waals surface area (Å²) >= 11 is 0. The summed E-state index contributed by atoms with van der Waals surface area (Å²) in [5, 5.41) is 62.5. The minimum Gasteiger partial charge on any atom is -0.507 e. The predicted molar refractivity (Wildman–Crippen MR) is 195 cm³/mol. The molecule has 0 bridgehead atoms. The van der Waals surface area contributed by atoms with Gasteiger partial charge in [-0.05, 0) is 56.0 Å². The van der Waals surface area contributed by atoms with Crippen molar-refractivity contribution in [1.29, 1.82) is 0 Å². The molecule has 3 heterocycles. The van der Waals surface area contributed by atoms with Crippen LogP contribution in [0.2, 0.25) is 0 Å². The molecule has 1 spiro atoms. The number of hydrogen-bond donors (Lipinski definition) is 8. The third-order valence-electron chi connectivity index (χ3n) is 11.0. The highest BCUT2D eigenvalue weighted by Crippen LogP contribution is 2.38. The molecule has 4 amide bonds. The summed E-state index contributed by atoms with van der Waals surface area (Å²) in [6, 6.07) is 10.8. The molecule has 296 valence electrons. The third-order valence-corrected chi connectivity index (χ3v) is 11.0. The molecule has 0 aliphatic carbocycles. The van der Waals surface area contributed by atoms with Gasteiger partial charge in [-0.1, -0.05) is 30.3 Å². The molecular formula is C38H53N5O11.